The molecule has 1 amide bonds. The highest BCUT2D eigenvalue weighted by molar-refractivity contribution is 7.99. The lowest BCUT2D eigenvalue weighted by Crippen LogP contribution is -2.23. The third-order valence-electron chi connectivity index (χ3n) is 5.29. The average Bonchev–Trinajstić information content (AvgIpc) is 3.11. The van der Waals surface area contributed by atoms with E-state index in [-0.39, 0.29) is 11.7 Å². The second-order valence-electron chi connectivity index (χ2n) is 7.56. The Kier molecular flexibility index (Phi) is 7.60. The van der Waals surface area contributed by atoms with E-state index < -0.39 is 0 Å². The van der Waals surface area contributed by atoms with Gasteiger partial charge in [0.1, 0.15) is 11.4 Å². The Morgan fingerprint density at radius 1 is 1.06 bits per heavy atom. The van der Waals surface area contributed by atoms with Crippen LogP contribution in [-0.2, 0) is 4.79 Å². The monoisotopic (exact) mass is 452 g/mol. The summed E-state index contributed by atoms with van der Waals surface area (Å²) in [4.78, 5) is 14.9. The minimum absolute atomic E-state index is 0.106. The van der Waals surface area contributed by atoms with Crippen molar-refractivity contribution in [2.24, 2.45) is 0 Å². The standard InChI is InChI=1S/C23H28N6O2S/c1-2-31-21-10-6-5-9-20(21)29-23(25-26-27-29)32-17-22(30)24-18-11-13-19(14-12-18)28-15-7-3-4-8-16-28/h5-6,9-14H,2-4,7-8,15-17H2,1H3,(H,24,30). The number of rotatable bonds is 8. The van der Waals surface area contributed by atoms with Gasteiger partial charge in [0.05, 0.1) is 12.4 Å². The van der Waals surface area contributed by atoms with Gasteiger partial charge in [0, 0.05) is 24.5 Å². The summed E-state index contributed by atoms with van der Waals surface area (Å²) >= 11 is 1.28. The van der Waals surface area contributed by atoms with Crippen molar-refractivity contribution in [1.82, 2.24) is 20.2 Å². The number of thioether (sulfide) groups is 1. The zero-order valence-corrected chi connectivity index (χ0v) is 19.1. The van der Waals surface area contributed by atoms with Crippen LogP contribution in [0.4, 0.5) is 11.4 Å². The van der Waals surface area contributed by atoms with Gasteiger partial charge in [0.2, 0.25) is 11.1 Å². The van der Waals surface area contributed by atoms with Crippen LogP contribution >= 0.6 is 11.8 Å². The lowest BCUT2D eigenvalue weighted by molar-refractivity contribution is -0.113. The van der Waals surface area contributed by atoms with Crippen LogP contribution in [-0.4, -0.2) is 51.6 Å². The minimum Gasteiger partial charge on any atom is -0.492 e. The number of carbonyl (C=O) groups excluding carboxylic acids is 1. The quantitative estimate of drug-likeness (QED) is 0.513. The Hall–Kier alpha value is -3.07. The molecular weight excluding hydrogens is 424 g/mol. The van der Waals surface area contributed by atoms with Gasteiger partial charge >= 0.3 is 0 Å². The summed E-state index contributed by atoms with van der Waals surface area (Å²) in [7, 11) is 0. The molecule has 9 heteroatoms. The Labute approximate surface area is 192 Å². The van der Waals surface area contributed by atoms with Gasteiger partial charge in [-0.1, -0.05) is 36.7 Å². The fraction of sp³-hybridized carbons (Fsp3) is 0.391. The number of hydrogen-bond acceptors (Lipinski definition) is 7. The van der Waals surface area contributed by atoms with Crippen molar-refractivity contribution in [1.29, 1.82) is 0 Å². The second kappa shape index (κ2) is 11.0. The van der Waals surface area contributed by atoms with Crippen molar-refractivity contribution in [2.45, 2.75) is 37.8 Å². The number of amides is 1. The Bertz CT molecular complexity index is 1020. The zero-order chi connectivity index (χ0) is 22.2. The van der Waals surface area contributed by atoms with Gasteiger partial charge in [-0.3, -0.25) is 4.79 Å². The van der Waals surface area contributed by atoms with E-state index in [1.165, 1.54) is 43.1 Å². The maximum atomic E-state index is 12.5. The van der Waals surface area contributed by atoms with Crippen molar-refractivity contribution < 1.29 is 9.53 Å². The number of nitrogens with one attached hydrogen (secondary N) is 1. The predicted octanol–water partition coefficient (Wildman–Crippen LogP) is 4.17. The number of anilines is 2. The molecule has 2 aromatic carbocycles. The van der Waals surface area contributed by atoms with E-state index in [1.807, 2.05) is 43.3 Å². The summed E-state index contributed by atoms with van der Waals surface area (Å²) in [5, 5.41) is 15.4. The molecule has 0 saturated carbocycles. The van der Waals surface area contributed by atoms with Crippen LogP contribution in [0.15, 0.2) is 53.7 Å². The van der Waals surface area contributed by atoms with Gasteiger partial charge in [-0.15, -0.1) is 5.10 Å². The molecule has 0 bridgehead atoms. The second-order valence-corrected chi connectivity index (χ2v) is 8.50. The first-order chi connectivity index (χ1) is 15.7. The van der Waals surface area contributed by atoms with E-state index in [2.05, 4.69) is 37.9 Å². The van der Waals surface area contributed by atoms with E-state index in [9.17, 15) is 4.79 Å². The normalized spacial score (nSPS) is 14.1. The molecule has 0 spiro atoms. The fourth-order valence-corrected chi connectivity index (χ4v) is 4.43. The van der Waals surface area contributed by atoms with Gasteiger partial charge in [0.25, 0.3) is 0 Å². The third kappa shape index (κ3) is 5.59. The van der Waals surface area contributed by atoms with Gasteiger partial charge in [-0.25, -0.2) is 0 Å². The van der Waals surface area contributed by atoms with Crippen molar-refractivity contribution in [3.05, 3.63) is 48.5 Å². The molecule has 4 rings (SSSR count). The van der Waals surface area contributed by atoms with Gasteiger partial charge in [-0.05, 0) is 66.6 Å². The number of ether oxygens (including phenoxy) is 1. The first kappa shape index (κ1) is 22.1. The SMILES string of the molecule is CCOc1ccccc1-n1nnnc1SCC(=O)Nc1ccc(N2CCCCCC2)cc1. The van der Waals surface area contributed by atoms with Crippen molar-refractivity contribution in [3.8, 4) is 11.4 Å². The average molecular weight is 453 g/mol. The molecule has 1 aliphatic rings. The Morgan fingerprint density at radius 3 is 2.56 bits per heavy atom. The lowest BCUT2D eigenvalue weighted by Gasteiger charge is -2.22. The van der Waals surface area contributed by atoms with Crippen LogP contribution in [0, 0.1) is 0 Å². The summed E-state index contributed by atoms with van der Waals surface area (Å²) in [6.45, 7) is 4.67. The third-order valence-corrected chi connectivity index (χ3v) is 6.21. The molecule has 32 heavy (non-hydrogen) atoms. The molecule has 3 aromatic rings. The van der Waals surface area contributed by atoms with E-state index in [0.717, 1.165) is 24.5 Å². The topological polar surface area (TPSA) is 85.2 Å². The van der Waals surface area contributed by atoms with Gasteiger partial charge in [-0.2, -0.15) is 4.68 Å². The van der Waals surface area contributed by atoms with E-state index in [1.54, 1.807) is 4.68 Å². The number of nitrogens with zero attached hydrogens (tertiary/aromatic N) is 5. The number of tetrazole rings is 1. The minimum atomic E-state index is -0.106. The van der Waals surface area contributed by atoms with Crippen molar-refractivity contribution in [2.75, 3.05) is 35.7 Å². The molecule has 2 heterocycles. The van der Waals surface area contributed by atoms with Crippen molar-refractivity contribution in [3.63, 3.8) is 0 Å². The number of benzene rings is 2. The van der Waals surface area contributed by atoms with Crippen LogP contribution in [0.2, 0.25) is 0 Å². The van der Waals surface area contributed by atoms with Crippen LogP contribution in [0.3, 0.4) is 0 Å². The van der Waals surface area contributed by atoms with Crippen molar-refractivity contribution >= 4 is 29.0 Å². The van der Waals surface area contributed by atoms with Crippen LogP contribution in [0.1, 0.15) is 32.6 Å². The number of aromatic nitrogens is 4. The molecule has 0 radical (unpaired) electrons. The lowest BCUT2D eigenvalue weighted by atomic mass is 10.2. The van der Waals surface area contributed by atoms with E-state index in [0.29, 0.717) is 17.5 Å². The molecule has 0 unspecified atom stereocenters. The van der Waals surface area contributed by atoms with Gasteiger partial charge < -0.3 is 15.0 Å². The first-order valence-electron chi connectivity index (χ1n) is 11.0. The predicted molar refractivity (Wildman–Crippen MR) is 127 cm³/mol. The highest BCUT2D eigenvalue weighted by Gasteiger charge is 2.15. The maximum absolute atomic E-state index is 12.5. The van der Waals surface area contributed by atoms with E-state index >= 15 is 0 Å². The smallest absolute Gasteiger partial charge is 0.234 e. The first-order valence-corrected chi connectivity index (χ1v) is 12.0. The van der Waals surface area contributed by atoms with Crippen LogP contribution in [0.25, 0.3) is 5.69 Å². The van der Waals surface area contributed by atoms with E-state index in [4.69, 9.17) is 4.74 Å². The van der Waals surface area contributed by atoms with Crippen LogP contribution in [0.5, 0.6) is 5.75 Å². The number of hydrogen-bond donors (Lipinski definition) is 1. The van der Waals surface area contributed by atoms with Crippen LogP contribution < -0.4 is 15.0 Å². The highest BCUT2D eigenvalue weighted by Crippen LogP contribution is 2.26. The molecule has 1 N–H and O–H groups in total. The highest BCUT2D eigenvalue weighted by atomic mass is 32.2. The summed E-state index contributed by atoms with van der Waals surface area (Å²) in [6, 6.07) is 15.6. The maximum Gasteiger partial charge on any atom is 0.234 e. The molecule has 0 atom stereocenters. The number of carbonyl (C=O) groups is 1. The molecule has 1 saturated heterocycles. The zero-order valence-electron chi connectivity index (χ0n) is 18.2. The summed E-state index contributed by atoms with van der Waals surface area (Å²) in [5.74, 6) is 0.786. The molecule has 8 nitrogen and oxygen atoms in total. The molecule has 1 aromatic heterocycles. The summed E-state index contributed by atoms with van der Waals surface area (Å²) < 4.78 is 7.27. The summed E-state index contributed by atoms with van der Waals surface area (Å²) in [5.41, 5.74) is 2.74. The molecule has 1 aliphatic heterocycles. The molecule has 0 aliphatic carbocycles. The summed E-state index contributed by atoms with van der Waals surface area (Å²) in [6.07, 6.45) is 5.10. The fourth-order valence-electron chi connectivity index (χ4n) is 3.74. The Balaban J connectivity index is 1.35. The molecule has 1 fully saturated rings. The molecular formula is C23H28N6O2S. The molecule has 168 valence electrons. The van der Waals surface area contributed by atoms with Gasteiger partial charge in [0.15, 0.2) is 0 Å². The Morgan fingerprint density at radius 2 is 1.81 bits per heavy atom. The number of para-hydroxylation sites is 2. The largest absolute Gasteiger partial charge is 0.492 e.